The number of hydrogen-bond donors (Lipinski definition) is 6. The number of carbonyl (C=O) groups is 3. The van der Waals surface area contributed by atoms with Gasteiger partial charge in [-0.05, 0) is 55.8 Å². The molecule has 0 heterocycles. The number of nitrogens with one attached hydrogen (secondary N) is 4. The first-order valence-corrected chi connectivity index (χ1v) is 10.5. The van der Waals surface area contributed by atoms with Crippen LogP contribution in [0.5, 0.6) is 0 Å². The Kier molecular flexibility index (Phi) is 9.69. The van der Waals surface area contributed by atoms with Crippen molar-refractivity contribution in [2.75, 3.05) is 6.54 Å². The van der Waals surface area contributed by atoms with Crippen molar-refractivity contribution in [3.05, 3.63) is 70.8 Å². The summed E-state index contributed by atoms with van der Waals surface area (Å²) in [5.41, 5.74) is 2.37. The lowest BCUT2D eigenvalue weighted by atomic mass is 9.93. The van der Waals surface area contributed by atoms with Crippen LogP contribution in [0.1, 0.15) is 40.9 Å². The summed E-state index contributed by atoms with van der Waals surface area (Å²) >= 11 is 0. The molecular weight excluding hydrogens is 462 g/mol. The Hall–Kier alpha value is -4.01. The van der Waals surface area contributed by atoms with Gasteiger partial charge in [-0.15, -0.1) is 0 Å². The number of alkyl halides is 2. The maximum atomic E-state index is 12.6. The average Bonchev–Trinajstić information content (AvgIpc) is 2.80. The summed E-state index contributed by atoms with van der Waals surface area (Å²) in [6.45, 7) is 2.72. The molecule has 0 aliphatic rings. The van der Waals surface area contributed by atoms with Gasteiger partial charge in [-0.1, -0.05) is 24.0 Å². The van der Waals surface area contributed by atoms with Crippen LogP contribution < -0.4 is 21.4 Å². The Labute approximate surface area is 200 Å². The van der Waals surface area contributed by atoms with Gasteiger partial charge in [0.15, 0.2) is 0 Å². The fourth-order valence-corrected chi connectivity index (χ4v) is 3.08. The van der Waals surface area contributed by atoms with E-state index in [2.05, 4.69) is 27.8 Å². The summed E-state index contributed by atoms with van der Waals surface area (Å²) in [5, 5.41) is 25.1. The summed E-state index contributed by atoms with van der Waals surface area (Å²) in [6.07, 6.45) is -3.80. The lowest BCUT2D eigenvalue weighted by molar-refractivity contribution is -0.132. The number of hydrogen-bond acceptors (Lipinski definition) is 5. The van der Waals surface area contributed by atoms with Gasteiger partial charge in [0.25, 0.3) is 18.2 Å². The van der Waals surface area contributed by atoms with E-state index in [1.807, 2.05) is 0 Å². The minimum Gasteiger partial charge on any atom is -0.465 e. The Morgan fingerprint density at radius 1 is 0.971 bits per heavy atom. The predicted molar refractivity (Wildman–Crippen MR) is 123 cm³/mol. The maximum Gasteiger partial charge on any atom is 0.405 e. The minimum atomic E-state index is -2.40. The zero-order chi connectivity index (χ0) is 26.0. The monoisotopic (exact) mass is 488 g/mol. The van der Waals surface area contributed by atoms with E-state index >= 15 is 0 Å². The number of amides is 3. The van der Waals surface area contributed by atoms with Gasteiger partial charge in [0, 0.05) is 23.2 Å². The second-order valence-corrected chi connectivity index (χ2v) is 8.08. The number of hydroxylamine groups is 1. The van der Waals surface area contributed by atoms with Gasteiger partial charge in [0.1, 0.15) is 6.04 Å². The Morgan fingerprint density at radius 2 is 1.51 bits per heavy atom. The zero-order valence-corrected chi connectivity index (χ0v) is 19.1. The molecule has 0 bridgehead atoms. The Morgan fingerprint density at radius 3 is 2.00 bits per heavy atom. The number of benzene rings is 2. The third kappa shape index (κ3) is 8.69. The van der Waals surface area contributed by atoms with Crippen molar-refractivity contribution in [3.8, 4) is 11.8 Å². The smallest absolute Gasteiger partial charge is 0.405 e. The Bertz CT molecular complexity index is 1090. The van der Waals surface area contributed by atoms with E-state index in [-0.39, 0.29) is 12.1 Å². The quantitative estimate of drug-likeness (QED) is 0.182. The van der Waals surface area contributed by atoms with Crippen LogP contribution in [-0.2, 0) is 11.3 Å². The minimum absolute atomic E-state index is 0.193. The van der Waals surface area contributed by atoms with Crippen LogP contribution in [0.3, 0.4) is 0 Å². The maximum absolute atomic E-state index is 12.6. The van der Waals surface area contributed by atoms with Crippen molar-refractivity contribution in [3.63, 3.8) is 0 Å². The zero-order valence-electron chi connectivity index (χ0n) is 19.1. The van der Waals surface area contributed by atoms with Gasteiger partial charge in [0.2, 0.25) is 0 Å². The molecule has 2 aromatic carbocycles. The van der Waals surface area contributed by atoms with E-state index in [9.17, 15) is 23.2 Å². The van der Waals surface area contributed by atoms with E-state index < -0.39 is 35.9 Å². The normalized spacial score (nSPS) is 11.7. The molecule has 0 aliphatic heterocycles. The van der Waals surface area contributed by atoms with Gasteiger partial charge >= 0.3 is 6.09 Å². The molecular formula is C24H26F2N4O5. The molecule has 0 saturated heterocycles. The van der Waals surface area contributed by atoms with Crippen LogP contribution in [0.4, 0.5) is 13.6 Å². The third-order valence-electron chi connectivity index (χ3n) is 4.88. The molecule has 9 nitrogen and oxygen atoms in total. The largest absolute Gasteiger partial charge is 0.465 e. The molecule has 0 saturated carbocycles. The lowest BCUT2D eigenvalue weighted by Crippen LogP contribution is -2.64. The van der Waals surface area contributed by atoms with E-state index in [1.54, 1.807) is 36.4 Å². The third-order valence-corrected chi connectivity index (χ3v) is 4.88. The van der Waals surface area contributed by atoms with Gasteiger partial charge in [-0.25, -0.2) is 19.1 Å². The van der Waals surface area contributed by atoms with Crippen molar-refractivity contribution in [1.82, 2.24) is 21.4 Å². The molecule has 2 rings (SSSR count). The fraction of sp³-hybridized carbons (Fsp3) is 0.292. The van der Waals surface area contributed by atoms with Crippen LogP contribution in [0, 0.1) is 11.8 Å². The Balaban J connectivity index is 2.05. The lowest BCUT2D eigenvalue weighted by Gasteiger charge is -2.33. The highest BCUT2D eigenvalue weighted by molar-refractivity contribution is 5.98. The SMILES string of the molecule is CC(C)(NC(=O)O)C(NC(=O)c1ccc(C#Cc2ccc(CNCC(F)F)cc2)cc1)C(=O)NO. The summed E-state index contributed by atoms with van der Waals surface area (Å²) in [4.78, 5) is 35.6. The average molecular weight is 488 g/mol. The van der Waals surface area contributed by atoms with Crippen molar-refractivity contribution in [2.24, 2.45) is 0 Å². The molecule has 186 valence electrons. The number of halogens is 2. The molecule has 0 fully saturated rings. The molecule has 11 heteroatoms. The highest BCUT2D eigenvalue weighted by Gasteiger charge is 2.38. The number of carbonyl (C=O) groups excluding carboxylic acids is 2. The number of carboxylic acid groups (broad SMARTS) is 1. The van der Waals surface area contributed by atoms with Gasteiger partial charge in [-0.2, -0.15) is 0 Å². The van der Waals surface area contributed by atoms with Crippen LogP contribution in [-0.4, -0.2) is 52.8 Å². The summed E-state index contributed by atoms with van der Waals surface area (Å²) in [7, 11) is 0. The van der Waals surface area contributed by atoms with Crippen LogP contribution >= 0.6 is 0 Å². The van der Waals surface area contributed by atoms with Crippen molar-refractivity contribution < 1.29 is 33.5 Å². The second-order valence-electron chi connectivity index (χ2n) is 8.08. The molecule has 3 amide bonds. The highest BCUT2D eigenvalue weighted by atomic mass is 19.3. The molecule has 2 aromatic rings. The van der Waals surface area contributed by atoms with Gasteiger partial charge in [0.05, 0.1) is 12.1 Å². The van der Waals surface area contributed by atoms with Crippen molar-refractivity contribution in [1.29, 1.82) is 0 Å². The first-order chi connectivity index (χ1) is 16.5. The molecule has 0 aliphatic carbocycles. The first-order valence-electron chi connectivity index (χ1n) is 10.5. The second kappa shape index (κ2) is 12.5. The molecule has 1 unspecified atom stereocenters. The van der Waals surface area contributed by atoms with Crippen LogP contribution in [0.2, 0.25) is 0 Å². The van der Waals surface area contributed by atoms with E-state index in [1.165, 1.54) is 31.5 Å². The molecule has 0 spiro atoms. The fourth-order valence-electron chi connectivity index (χ4n) is 3.08. The van der Waals surface area contributed by atoms with Crippen LogP contribution in [0.15, 0.2) is 48.5 Å². The molecule has 0 radical (unpaired) electrons. The van der Waals surface area contributed by atoms with Crippen LogP contribution in [0.25, 0.3) is 0 Å². The standard InChI is InChI=1S/C24H26F2N4O5/c1-24(2,29-23(33)34)20(22(32)30-35)28-21(31)18-11-9-16(10-12-18)4-3-15-5-7-17(8-6-15)13-27-14-19(25)26/h5-12,19-20,27,29,35H,13-14H2,1-2H3,(H,28,31)(H,30,32)(H,33,34). The van der Waals surface area contributed by atoms with Crippen molar-refractivity contribution >= 4 is 17.9 Å². The van der Waals surface area contributed by atoms with E-state index in [4.69, 9.17) is 10.3 Å². The van der Waals surface area contributed by atoms with Crippen molar-refractivity contribution in [2.45, 2.75) is 38.4 Å². The molecule has 6 N–H and O–H groups in total. The summed E-state index contributed by atoms with van der Waals surface area (Å²) < 4.78 is 24.3. The summed E-state index contributed by atoms with van der Waals surface area (Å²) in [5.74, 6) is 4.27. The topological polar surface area (TPSA) is 140 Å². The molecule has 35 heavy (non-hydrogen) atoms. The number of rotatable bonds is 9. The van der Waals surface area contributed by atoms with Gasteiger partial charge in [-0.3, -0.25) is 14.8 Å². The predicted octanol–water partition coefficient (Wildman–Crippen LogP) is 2.09. The molecule has 1 atom stereocenters. The first kappa shape index (κ1) is 27.2. The van der Waals surface area contributed by atoms with Gasteiger partial charge < -0.3 is 21.1 Å². The molecule has 0 aromatic heterocycles. The highest BCUT2D eigenvalue weighted by Crippen LogP contribution is 2.12. The van der Waals surface area contributed by atoms with E-state index in [0.29, 0.717) is 12.1 Å². The summed E-state index contributed by atoms with van der Waals surface area (Å²) in [6, 6.07) is 11.9. The van der Waals surface area contributed by atoms with E-state index in [0.717, 1.165) is 11.1 Å².